The number of Topliss-reactive ketones (excluding diaryl/α,β-unsaturated/α-hetero) is 1. The van der Waals surface area contributed by atoms with Gasteiger partial charge in [0.1, 0.15) is 5.70 Å². The van der Waals surface area contributed by atoms with E-state index in [0.717, 1.165) is 26.2 Å². The Kier molecular flexibility index (Phi) is 1.92. The molecule has 0 saturated carbocycles. The fourth-order valence-electron chi connectivity index (χ4n) is 1.68. The molecule has 78 valence electrons. The normalized spacial score (nSPS) is 24.7. The van der Waals surface area contributed by atoms with Crippen LogP contribution in [-0.4, -0.2) is 47.5 Å². The van der Waals surface area contributed by atoms with Gasteiger partial charge < -0.3 is 9.80 Å². The lowest BCUT2D eigenvalue weighted by Gasteiger charge is -2.16. The van der Waals surface area contributed by atoms with Gasteiger partial charge in [0.15, 0.2) is 0 Å². The highest BCUT2D eigenvalue weighted by atomic mass is 127. The number of nitrogens with zero attached hydrogens (tertiary/aromatic N) is 2. The first kappa shape index (κ1) is 9.38. The van der Waals surface area contributed by atoms with E-state index in [2.05, 4.69) is 0 Å². The van der Waals surface area contributed by atoms with Gasteiger partial charge in [-0.25, -0.2) is 0 Å². The number of hydrogen-bond donors (Lipinski definition) is 0. The van der Waals surface area contributed by atoms with E-state index < -0.39 is 0 Å². The van der Waals surface area contributed by atoms with Gasteiger partial charge in [0.2, 0.25) is 11.6 Å². The molecule has 0 aromatic heterocycles. The second kappa shape index (κ2) is 3.07. The summed E-state index contributed by atoms with van der Waals surface area (Å²) in [6.45, 7) is 3.59. The average molecular weight is 316 g/mol. The van der Waals surface area contributed by atoms with Crippen LogP contribution in [0.5, 0.6) is 0 Å². The summed E-state index contributed by atoms with van der Waals surface area (Å²) in [4.78, 5) is 27.6. The van der Waals surface area contributed by atoms with Crippen molar-refractivity contribution in [2.75, 3.05) is 26.2 Å². The molecule has 3 rings (SSSR count). The zero-order valence-corrected chi connectivity index (χ0v) is 10.2. The molecule has 2 saturated heterocycles. The Morgan fingerprint density at radius 2 is 1.67 bits per heavy atom. The molecule has 3 aliphatic rings. The van der Waals surface area contributed by atoms with Crippen molar-refractivity contribution in [3.8, 4) is 0 Å². The molecule has 2 heterocycles. The van der Waals surface area contributed by atoms with Crippen molar-refractivity contribution in [1.82, 2.24) is 9.80 Å². The van der Waals surface area contributed by atoms with Crippen LogP contribution in [0, 0.1) is 0 Å². The van der Waals surface area contributed by atoms with Crippen LogP contribution in [-0.2, 0) is 9.59 Å². The predicted molar refractivity (Wildman–Crippen MR) is 62.3 cm³/mol. The van der Waals surface area contributed by atoms with Gasteiger partial charge in [-0.05, 0) is 22.6 Å². The van der Waals surface area contributed by atoms with Crippen molar-refractivity contribution in [3.05, 3.63) is 21.0 Å². The summed E-state index contributed by atoms with van der Waals surface area (Å²) in [5.41, 5.74) is 1.18. The molecule has 0 unspecified atom stereocenters. The van der Waals surface area contributed by atoms with Crippen molar-refractivity contribution < 1.29 is 9.59 Å². The van der Waals surface area contributed by atoms with E-state index in [1.165, 1.54) is 6.08 Å². The highest BCUT2D eigenvalue weighted by Gasteiger charge is 2.38. The van der Waals surface area contributed by atoms with Gasteiger partial charge in [-0.15, -0.1) is 0 Å². The summed E-state index contributed by atoms with van der Waals surface area (Å²) in [7, 11) is 0. The van der Waals surface area contributed by atoms with E-state index in [9.17, 15) is 9.59 Å². The van der Waals surface area contributed by atoms with Gasteiger partial charge in [0, 0.05) is 32.3 Å². The van der Waals surface area contributed by atoms with E-state index in [1.54, 1.807) is 0 Å². The van der Waals surface area contributed by atoms with Crippen LogP contribution in [0.4, 0.5) is 0 Å². The minimum Gasteiger partial charge on any atom is -0.365 e. The topological polar surface area (TPSA) is 40.2 Å². The number of halogens is 1. The predicted octanol–water partition coefficient (Wildman–Crippen LogP) is 0.300. The van der Waals surface area contributed by atoms with E-state index >= 15 is 0 Å². The molecule has 2 fully saturated rings. The molecular weight excluding hydrogens is 307 g/mol. The monoisotopic (exact) mass is 316 g/mol. The summed E-state index contributed by atoms with van der Waals surface area (Å²) in [6, 6.07) is 0. The maximum atomic E-state index is 11.9. The SMILES string of the molecule is O=C1C=C(N2CC2)C(=O)C(I)=C1N1CC1. The second-order valence-electron chi connectivity index (χ2n) is 3.86. The van der Waals surface area contributed by atoms with Crippen LogP contribution in [0.25, 0.3) is 0 Å². The highest BCUT2D eigenvalue weighted by Crippen LogP contribution is 2.32. The quantitative estimate of drug-likeness (QED) is 0.417. The Balaban J connectivity index is 1.98. The van der Waals surface area contributed by atoms with E-state index in [1.807, 2.05) is 32.4 Å². The Morgan fingerprint density at radius 1 is 1.07 bits per heavy atom. The molecule has 0 aromatic rings. The van der Waals surface area contributed by atoms with E-state index in [4.69, 9.17) is 0 Å². The minimum absolute atomic E-state index is 0.00889. The molecule has 0 aromatic carbocycles. The molecule has 0 spiro atoms. The number of carbonyl (C=O) groups excluding carboxylic acids is 2. The summed E-state index contributed by atoms with van der Waals surface area (Å²) in [5, 5.41) is 0. The van der Waals surface area contributed by atoms with E-state index in [-0.39, 0.29) is 11.6 Å². The van der Waals surface area contributed by atoms with Gasteiger partial charge >= 0.3 is 0 Å². The van der Waals surface area contributed by atoms with Crippen LogP contribution in [0.3, 0.4) is 0 Å². The number of hydrogen-bond acceptors (Lipinski definition) is 4. The largest absolute Gasteiger partial charge is 0.365 e. The Bertz CT molecular complexity index is 431. The Labute approximate surface area is 101 Å². The van der Waals surface area contributed by atoms with Crippen molar-refractivity contribution in [2.24, 2.45) is 0 Å². The number of carbonyl (C=O) groups is 2. The molecular formula is C10H9IN2O2. The molecule has 0 radical (unpaired) electrons. The first-order chi connectivity index (χ1) is 7.18. The van der Waals surface area contributed by atoms with Crippen molar-refractivity contribution in [1.29, 1.82) is 0 Å². The maximum Gasteiger partial charge on any atom is 0.217 e. The van der Waals surface area contributed by atoms with Crippen LogP contribution in [0.2, 0.25) is 0 Å². The fraction of sp³-hybridized carbons (Fsp3) is 0.400. The van der Waals surface area contributed by atoms with Crippen LogP contribution >= 0.6 is 22.6 Å². The number of rotatable bonds is 2. The van der Waals surface area contributed by atoms with Gasteiger partial charge in [-0.2, -0.15) is 0 Å². The minimum atomic E-state index is -0.0154. The molecule has 0 N–H and O–H groups in total. The standard InChI is InChI=1S/C10H9IN2O2/c11-8-9(13-3-4-13)7(14)5-6(10(8)15)12-1-2-12/h5H,1-4H2. The lowest BCUT2D eigenvalue weighted by atomic mass is 10.1. The number of ketones is 2. The van der Waals surface area contributed by atoms with Gasteiger partial charge in [-0.1, -0.05) is 0 Å². The molecule has 0 amide bonds. The molecule has 15 heavy (non-hydrogen) atoms. The highest BCUT2D eigenvalue weighted by molar-refractivity contribution is 14.1. The maximum absolute atomic E-state index is 11.9. The third-order valence-electron chi connectivity index (χ3n) is 2.69. The molecule has 1 aliphatic carbocycles. The molecule has 2 aliphatic heterocycles. The summed E-state index contributed by atoms with van der Waals surface area (Å²) in [6.07, 6.45) is 1.49. The lowest BCUT2D eigenvalue weighted by molar-refractivity contribution is -0.116. The Hall–Kier alpha value is -0.850. The third kappa shape index (κ3) is 1.49. The average Bonchev–Trinajstić information content (AvgIpc) is 2.99. The first-order valence-corrected chi connectivity index (χ1v) is 5.97. The zero-order valence-electron chi connectivity index (χ0n) is 7.99. The van der Waals surface area contributed by atoms with Crippen LogP contribution < -0.4 is 0 Å². The summed E-state index contributed by atoms with van der Waals surface area (Å²) >= 11 is 1.99. The smallest absolute Gasteiger partial charge is 0.217 e. The van der Waals surface area contributed by atoms with Gasteiger partial charge in [0.05, 0.1) is 9.28 Å². The van der Waals surface area contributed by atoms with Gasteiger partial charge in [-0.3, -0.25) is 9.59 Å². The lowest BCUT2D eigenvalue weighted by Crippen LogP contribution is -2.24. The van der Waals surface area contributed by atoms with Crippen LogP contribution in [0.15, 0.2) is 21.0 Å². The number of allylic oxidation sites excluding steroid dienone is 2. The molecule has 4 nitrogen and oxygen atoms in total. The first-order valence-electron chi connectivity index (χ1n) is 4.89. The van der Waals surface area contributed by atoms with Gasteiger partial charge in [0.25, 0.3) is 0 Å². The van der Waals surface area contributed by atoms with Crippen LogP contribution in [0.1, 0.15) is 0 Å². The fourth-order valence-corrected chi connectivity index (χ4v) is 2.56. The second-order valence-corrected chi connectivity index (χ2v) is 4.94. The van der Waals surface area contributed by atoms with E-state index in [0.29, 0.717) is 15.0 Å². The molecule has 0 atom stereocenters. The Morgan fingerprint density at radius 3 is 2.20 bits per heavy atom. The third-order valence-corrected chi connectivity index (χ3v) is 3.69. The van der Waals surface area contributed by atoms with Crippen molar-refractivity contribution in [3.63, 3.8) is 0 Å². The summed E-state index contributed by atoms with van der Waals surface area (Å²) < 4.78 is 0.583. The zero-order chi connectivity index (χ0) is 10.6. The summed E-state index contributed by atoms with van der Waals surface area (Å²) in [5.74, 6) is -0.00648. The molecule has 0 bridgehead atoms. The van der Waals surface area contributed by atoms with Crippen molar-refractivity contribution >= 4 is 34.2 Å². The molecule has 5 heteroatoms. The van der Waals surface area contributed by atoms with Crippen molar-refractivity contribution in [2.45, 2.75) is 0 Å².